The fourth-order valence-corrected chi connectivity index (χ4v) is 1.44. The molecule has 5 nitrogen and oxygen atoms in total. The van der Waals surface area contributed by atoms with Gasteiger partial charge in [0.25, 0.3) is 0 Å². The Morgan fingerprint density at radius 1 is 1.16 bits per heavy atom. The lowest BCUT2D eigenvalue weighted by molar-refractivity contribution is -0.128. The number of benzene rings is 1. The van der Waals surface area contributed by atoms with E-state index < -0.39 is 5.54 Å². The van der Waals surface area contributed by atoms with E-state index in [9.17, 15) is 9.59 Å². The largest absolute Gasteiger partial charge is 0.354 e. The predicted octanol–water partition coefficient (Wildman–Crippen LogP) is 0.199. The van der Waals surface area contributed by atoms with E-state index in [2.05, 4.69) is 10.6 Å². The van der Waals surface area contributed by atoms with Crippen LogP contribution in [0.15, 0.2) is 30.3 Å². The fraction of sp³-hybridized carbons (Fsp3) is 0.429. The first-order valence-electron chi connectivity index (χ1n) is 6.27. The van der Waals surface area contributed by atoms with Gasteiger partial charge >= 0.3 is 0 Å². The zero-order chi connectivity index (χ0) is 14.3. The molecule has 0 unspecified atom stereocenters. The van der Waals surface area contributed by atoms with Gasteiger partial charge in [-0.2, -0.15) is 0 Å². The van der Waals surface area contributed by atoms with Crippen molar-refractivity contribution in [2.75, 3.05) is 13.1 Å². The molecule has 0 bridgehead atoms. The first-order chi connectivity index (χ1) is 8.89. The Morgan fingerprint density at radius 2 is 1.79 bits per heavy atom. The smallest absolute Gasteiger partial charge is 0.239 e. The number of nitrogens with two attached hydrogens (primary N) is 1. The molecule has 1 aromatic rings. The van der Waals surface area contributed by atoms with Crippen LogP contribution in [0.4, 0.5) is 0 Å². The summed E-state index contributed by atoms with van der Waals surface area (Å²) in [5, 5.41) is 5.24. The molecule has 5 heteroatoms. The number of nitrogens with one attached hydrogen (secondary N) is 2. The lowest BCUT2D eigenvalue weighted by atomic mass is 10.1. The van der Waals surface area contributed by atoms with Crippen LogP contribution < -0.4 is 16.4 Å². The molecule has 1 aromatic carbocycles. The van der Waals surface area contributed by atoms with E-state index in [0.717, 1.165) is 12.0 Å². The zero-order valence-electron chi connectivity index (χ0n) is 11.4. The van der Waals surface area contributed by atoms with E-state index in [1.165, 1.54) is 0 Å². The van der Waals surface area contributed by atoms with Crippen molar-refractivity contribution >= 4 is 11.8 Å². The Labute approximate surface area is 113 Å². The molecule has 0 spiro atoms. The van der Waals surface area contributed by atoms with Crippen LogP contribution in [0.3, 0.4) is 0 Å². The van der Waals surface area contributed by atoms with E-state index in [0.29, 0.717) is 6.54 Å². The van der Waals surface area contributed by atoms with Crippen molar-refractivity contribution in [3.63, 3.8) is 0 Å². The number of carbonyl (C=O) groups is 2. The number of hydrogen-bond donors (Lipinski definition) is 3. The Hall–Kier alpha value is -1.88. The summed E-state index contributed by atoms with van der Waals surface area (Å²) in [6, 6.07) is 9.88. The normalized spacial score (nSPS) is 10.9. The monoisotopic (exact) mass is 263 g/mol. The molecule has 0 fully saturated rings. The molecule has 2 amide bonds. The Bertz CT molecular complexity index is 424. The molecule has 19 heavy (non-hydrogen) atoms. The van der Waals surface area contributed by atoms with Gasteiger partial charge in [0.2, 0.25) is 11.8 Å². The second-order valence-electron chi connectivity index (χ2n) is 4.99. The molecule has 0 aliphatic carbocycles. The van der Waals surface area contributed by atoms with Crippen LogP contribution in [0.2, 0.25) is 0 Å². The molecule has 0 saturated heterocycles. The highest BCUT2D eigenvalue weighted by molar-refractivity contribution is 5.89. The Kier molecular flexibility index (Phi) is 5.51. The second-order valence-corrected chi connectivity index (χ2v) is 4.99. The zero-order valence-corrected chi connectivity index (χ0v) is 11.4. The van der Waals surface area contributed by atoms with Gasteiger partial charge in [0, 0.05) is 6.54 Å². The van der Waals surface area contributed by atoms with Crippen LogP contribution in [0, 0.1) is 0 Å². The summed E-state index contributed by atoms with van der Waals surface area (Å²) in [7, 11) is 0. The Balaban J connectivity index is 2.20. The molecule has 4 N–H and O–H groups in total. The first-order valence-corrected chi connectivity index (χ1v) is 6.27. The van der Waals surface area contributed by atoms with Crippen LogP contribution in [0.5, 0.6) is 0 Å². The molecule has 1 rings (SSSR count). The van der Waals surface area contributed by atoms with Gasteiger partial charge in [0.15, 0.2) is 0 Å². The van der Waals surface area contributed by atoms with E-state index in [1.54, 1.807) is 13.8 Å². The standard InChI is InChI=1S/C14H21N3O2/c1-14(2,15)13(19)17-10-12(18)16-9-8-11-6-4-3-5-7-11/h3-7H,8-10,15H2,1-2H3,(H,16,18)(H,17,19). The van der Waals surface area contributed by atoms with E-state index in [4.69, 9.17) is 5.73 Å². The van der Waals surface area contributed by atoms with E-state index in [-0.39, 0.29) is 18.4 Å². The quantitative estimate of drug-likeness (QED) is 0.685. The van der Waals surface area contributed by atoms with Gasteiger partial charge < -0.3 is 16.4 Å². The molecule has 0 radical (unpaired) electrons. The average Bonchev–Trinajstić information content (AvgIpc) is 2.36. The van der Waals surface area contributed by atoms with Crippen molar-refractivity contribution < 1.29 is 9.59 Å². The molecule has 0 atom stereocenters. The van der Waals surface area contributed by atoms with Crippen LogP contribution in [-0.4, -0.2) is 30.4 Å². The van der Waals surface area contributed by atoms with Crippen molar-refractivity contribution in [1.29, 1.82) is 0 Å². The van der Waals surface area contributed by atoms with Gasteiger partial charge in [-0.3, -0.25) is 9.59 Å². The first kappa shape index (κ1) is 15.2. The Morgan fingerprint density at radius 3 is 2.37 bits per heavy atom. The molecular weight excluding hydrogens is 242 g/mol. The van der Waals surface area contributed by atoms with Gasteiger partial charge in [-0.15, -0.1) is 0 Å². The molecule has 0 aliphatic rings. The fourth-order valence-electron chi connectivity index (χ4n) is 1.44. The summed E-state index contributed by atoms with van der Waals surface area (Å²) in [4.78, 5) is 22.9. The van der Waals surface area contributed by atoms with E-state index in [1.807, 2.05) is 30.3 Å². The maximum Gasteiger partial charge on any atom is 0.239 e. The summed E-state index contributed by atoms with van der Waals surface area (Å²) in [6.45, 7) is 3.68. The van der Waals surface area contributed by atoms with Crippen LogP contribution in [0.25, 0.3) is 0 Å². The third-order valence-corrected chi connectivity index (χ3v) is 2.57. The predicted molar refractivity (Wildman–Crippen MR) is 74.4 cm³/mol. The van der Waals surface area contributed by atoms with Crippen LogP contribution >= 0.6 is 0 Å². The molecular formula is C14H21N3O2. The molecule has 0 aliphatic heterocycles. The van der Waals surface area contributed by atoms with E-state index >= 15 is 0 Å². The minimum absolute atomic E-state index is 0.0474. The van der Waals surface area contributed by atoms with Crippen molar-refractivity contribution in [2.45, 2.75) is 25.8 Å². The molecule has 104 valence electrons. The summed E-state index contributed by atoms with van der Waals surface area (Å²) in [5.41, 5.74) is 5.79. The summed E-state index contributed by atoms with van der Waals surface area (Å²) < 4.78 is 0. The van der Waals surface area contributed by atoms with Crippen LogP contribution in [0.1, 0.15) is 19.4 Å². The maximum absolute atomic E-state index is 11.5. The van der Waals surface area contributed by atoms with Gasteiger partial charge in [-0.1, -0.05) is 30.3 Å². The van der Waals surface area contributed by atoms with Gasteiger partial charge in [-0.05, 0) is 25.8 Å². The van der Waals surface area contributed by atoms with Gasteiger partial charge in [0.1, 0.15) is 0 Å². The van der Waals surface area contributed by atoms with Gasteiger partial charge in [0.05, 0.1) is 12.1 Å². The highest BCUT2D eigenvalue weighted by Crippen LogP contribution is 1.98. The minimum Gasteiger partial charge on any atom is -0.354 e. The molecule has 0 saturated carbocycles. The second kappa shape index (κ2) is 6.89. The number of rotatable bonds is 6. The number of carbonyl (C=O) groups excluding carboxylic acids is 2. The minimum atomic E-state index is -0.968. The third kappa shape index (κ3) is 6.01. The molecule has 0 heterocycles. The highest BCUT2D eigenvalue weighted by Gasteiger charge is 2.21. The van der Waals surface area contributed by atoms with Crippen molar-refractivity contribution in [1.82, 2.24) is 10.6 Å². The third-order valence-electron chi connectivity index (χ3n) is 2.57. The van der Waals surface area contributed by atoms with Crippen molar-refractivity contribution in [3.8, 4) is 0 Å². The van der Waals surface area contributed by atoms with Crippen molar-refractivity contribution in [3.05, 3.63) is 35.9 Å². The summed E-state index contributed by atoms with van der Waals surface area (Å²) >= 11 is 0. The maximum atomic E-state index is 11.5. The van der Waals surface area contributed by atoms with Gasteiger partial charge in [-0.25, -0.2) is 0 Å². The number of amides is 2. The van der Waals surface area contributed by atoms with Crippen LogP contribution in [-0.2, 0) is 16.0 Å². The highest BCUT2D eigenvalue weighted by atomic mass is 16.2. The summed E-state index contributed by atoms with van der Waals surface area (Å²) in [6.07, 6.45) is 0.767. The number of hydrogen-bond acceptors (Lipinski definition) is 3. The lowest BCUT2D eigenvalue weighted by Gasteiger charge is -2.17. The SMILES string of the molecule is CC(C)(N)C(=O)NCC(=O)NCCc1ccccc1. The topological polar surface area (TPSA) is 84.2 Å². The summed E-state index contributed by atoms with van der Waals surface area (Å²) in [5.74, 6) is -0.556. The van der Waals surface area contributed by atoms with Crippen molar-refractivity contribution in [2.24, 2.45) is 5.73 Å². The average molecular weight is 263 g/mol. The molecule has 0 aromatic heterocycles. The lowest BCUT2D eigenvalue weighted by Crippen LogP contribution is -2.51.